The molecular weight excluding hydrogens is 232 g/mol. The van der Waals surface area contributed by atoms with E-state index in [1.54, 1.807) is 0 Å². The second-order valence-corrected chi connectivity index (χ2v) is 5.86. The molecule has 0 rings (SSSR count). The Labute approximate surface area is 122 Å². The number of rotatable bonds is 13. The van der Waals surface area contributed by atoms with Crippen LogP contribution in [0.1, 0.15) is 79.1 Å². The molecule has 0 spiro atoms. The van der Waals surface area contributed by atoms with E-state index in [2.05, 4.69) is 32.6 Å². The predicted octanol–water partition coefficient (Wildman–Crippen LogP) is 4.43. The topological polar surface area (TPSA) is 29.3 Å². The molecule has 19 heavy (non-hydrogen) atoms. The summed E-state index contributed by atoms with van der Waals surface area (Å²) < 4.78 is 0. The SMILES string of the molecule is CCCCCCCC(CN)N(CC)CC(CC)CC. The lowest BCUT2D eigenvalue weighted by atomic mass is 10.00. The van der Waals surface area contributed by atoms with Gasteiger partial charge in [0.1, 0.15) is 0 Å². The van der Waals surface area contributed by atoms with Crippen molar-refractivity contribution in [2.24, 2.45) is 11.7 Å². The molecule has 0 aromatic rings. The van der Waals surface area contributed by atoms with E-state index in [1.807, 2.05) is 0 Å². The molecule has 0 bridgehead atoms. The lowest BCUT2D eigenvalue weighted by molar-refractivity contribution is 0.163. The van der Waals surface area contributed by atoms with Crippen LogP contribution in [0, 0.1) is 5.92 Å². The Hall–Kier alpha value is -0.0800. The van der Waals surface area contributed by atoms with Gasteiger partial charge in [0, 0.05) is 19.1 Å². The van der Waals surface area contributed by atoms with Gasteiger partial charge in [-0.2, -0.15) is 0 Å². The smallest absolute Gasteiger partial charge is 0.0218 e. The van der Waals surface area contributed by atoms with E-state index in [9.17, 15) is 0 Å². The summed E-state index contributed by atoms with van der Waals surface area (Å²) in [4.78, 5) is 2.62. The Morgan fingerprint density at radius 2 is 1.53 bits per heavy atom. The van der Waals surface area contributed by atoms with Crippen LogP contribution >= 0.6 is 0 Å². The van der Waals surface area contributed by atoms with Crippen molar-refractivity contribution in [2.45, 2.75) is 85.1 Å². The minimum Gasteiger partial charge on any atom is -0.329 e. The van der Waals surface area contributed by atoms with Gasteiger partial charge in [-0.1, -0.05) is 72.6 Å². The maximum Gasteiger partial charge on any atom is 0.0218 e. The molecule has 0 radical (unpaired) electrons. The van der Waals surface area contributed by atoms with Gasteiger partial charge in [-0.25, -0.2) is 0 Å². The highest BCUT2D eigenvalue weighted by Crippen LogP contribution is 2.16. The van der Waals surface area contributed by atoms with Gasteiger partial charge in [0.2, 0.25) is 0 Å². The molecule has 1 atom stereocenters. The molecular formula is C17H38N2. The normalized spacial score (nSPS) is 13.4. The van der Waals surface area contributed by atoms with Gasteiger partial charge in [0.25, 0.3) is 0 Å². The highest BCUT2D eigenvalue weighted by molar-refractivity contribution is 4.74. The molecule has 0 aliphatic carbocycles. The van der Waals surface area contributed by atoms with E-state index in [1.165, 1.54) is 57.9 Å². The van der Waals surface area contributed by atoms with Crippen LogP contribution in [0.25, 0.3) is 0 Å². The third kappa shape index (κ3) is 8.65. The minimum atomic E-state index is 0.604. The summed E-state index contributed by atoms with van der Waals surface area (Å²) in [5.41, 5.74) is 6.01. The zero-order valence-corrected chi connectivity index (χ0v) is 14.0. The third-order valence-electron chi connectivity index (χ3n) is 4.48. The molecule has 0 amide bonds. The second kappa shape index (κ2) is 12.9. The van der Waals surface area contributed by atoms with Crippen molar-refractivity contribution in [3.8, 4) is 0 Å². The number of unbranched alkanes of at least 4 members (excludes halogenated alkanes) is 4. The van der Waals surface area contributed by atoms with Crippen LogP contribution < -0.4 is 5.73 Å². The van der Waals surface area contributed by atoms with Crippen LogP contribution in [0.15, 0.2) is 0 Å². The zero-order valence-electron chi connectivity index (χ0n) is 14.0. The summed E-state index contributed by atoms with van der Waals surface area (Å²) in [6.45, 7) is 12.4. The van der Waals surface area contributed by atoms with Crippen LogP contribution in [0.5, 0.6) is 0 Å². The van der Waals surface area contributed by atoms with Crippen molar-refractivity contribution >= 4 is 0 Å². The number of hydrogen-bond donors (Lipinski definition) is 1. The van der Waals surface area contributed by atoms with Crippen molar-refractivity contribution in [2.75, 3.05) is 19.6 Å². The molecule has 0 aliphatic rings. The molecule has 2 nitrogen and oxygen atoms in total. The fraction of sp³-hybridized carbons (Fsp3) is 1.00. The maximum absolute atomic E-state index is 6.01. The number of hydrogen-bond acceptors (Lipinski definition) is 2. The van der Waals surface area contributed by atoms with Crippen molar-refractivity contribution in [3.63, 3.8) is 0 Å². The Balaban J connectivity index is 4.06. The van der Waals surface area contributed by atoms with E-state index >= 15 is 0 Å². The summed E-state index contributed by atoms with van der Waals surface area (Å²) in [6, 6.07) is 0.604. The number of nitrogens with zero attached hydrogens (tertiary/aromatic N) is 1. The molecule has 0 saturated carbocycles. The summed E-state index contributed by atoms with van der Waals surface area (Å²) in [6.07, 6.45) is 10.7. The van der Waals surface area contributed by atoms with E-state index in [0.29, 0.717) is 6.04 Å². The predicted molar refractivity (Wildman–Crippen MR) is 87.5 cm³/mol. The average molecular weight is 271 g/mol. The van der Waals surface area contributed by atoms with Crippen LogP contribution in [0.2, 0.25) is 0 Å². The van der Waals surface area contributed by atoms with Crippen LogP contribution in [0.3, 0.4) is 0 Å². The highest BCUT2D eigenvalue weighted by atomic mass is 15.2. The number of likely N-dealkylation sites (N-methyl/N-ethyl adjacent to an activating group) is 1. The Bertz CT molecular complexity index is 178. The van der Waals surface area contributed by atoms with Crippen LogP contribution in [-0.2, 0) is 0 Å². The fourth-order valence-corrected chi connectivity index (χ4v) is 2.85. The summed E-state index contributed by atoms with van der Waals surface area (Å²) in [7, 11) is 0. The molecule has 0 aromatic carbocycles. The second-order valence-electron chi connectivity index (χ2n) is 5.86. The maximum atomic E-state index is 6.01. The first-order valence-corrected chi connectivity index (χ1v) is 8.67. The zero-order chi connectivity index (χ0) is 14.5. The first kappa shape index (κ1) is 18.9. The largest absolute Gasteiger partial charge is 0.329 e. The molecule has 2 heteroatoms. The number of nitrogens with two attached hydrogens (primary N) is 1. The third-order valence-corrected chi connectivity index (χ3v) is 4.48. The van der Waals surface area contributed by atoms with E-state index in [0.717, 1.165) is 19.0 Å². The van der Waals surface area contributed by atoms with Gasteiger partial charge in [-0.15, -0.1) is 0 Å². The summed E-state index contributed by atoms with van der Waals surface area (Å²) >= 11 is 0. The van der Waals surface area contributed by atoms with Crippen LogP contribution in [-0.4, -0.2) is 30.6 Å². The van der Waals surface area contributed by atoms with Crippen molar-refractivity contribution < 1.29 is 0 Å². The molecule has 2 N–H and O–H groups in total. The lowest BCUT2D eigenvalue weighted by Gasteiger charge is -2.32. The van der Waals surface area contributed by atoms with E-state index < -0.39 is 0 Å². The van der Waals surface area contributed by atoms with Gasteiger partial charge in [-0.3, -0.25) is 4.90 Å². The molecule has 0 aliphatic heterocycles. The molecule has 0 fully saturated rings. The van der Waals surface area contributed by atoms with Gasteiger partial charge in [-0.05, 0) is 18.9 Å². The highest BCUT2D eigenvalue weighted by Gasteiger charge is 2.17. The first-order valence-electron chi connectivity index (χ1n) is 8.67. The quantitative estimate of drug-likeness (QED) is 0.502. The molecule has 0 saturated heterocycles. The average Bonchev–Trinajstić information content (AvgIpc) is 2.45. The summed E-state index contributed by atoms with van der Waals surface area (Å²) in [5, 5.41) is 0. The summed E-state index contributed by atoms with van der Waals surface area (Å²) in [5.74, 6) is 0.842. The molecule has 0 aromatic heterocycles. The fourth-order valence-electron chi connectivity index (χ4n) is 2.85. The minimum absolute atomic E-state index is 0.604. The van der Waals surface area contributed by atoms with Gasteiger partial charge in [0.05, 0.1) is 0 Å². The monoisotopic (exact) mass is 270 g/mol. The molecule has 0 heterocycles. The van der Waals surface area contributed by atoms with E-state index in [4.69, 9.17) is 5.73 Å². The van der Waals surface area contributed by atoms with Crippen molar-refractivity contribution in [1.29, 1.82) is 0 Å². The van der Waals surface area contributed by atoms with Gasteiger partial charge in [0.15, 0.2) is 0 Å². The van der Waals surface area contributed by atoms with E-state index in [-0.39, 0.29) is 0 Å². The van der Waals surface area contributed by atoms with Crippen LogP contribution in [0.4, 0.5) is 0 Å². The lowest BCUT2D eigenvalue weighted by Crippen LogP contribution is -2.43. The van der Waals surface area contributed by atoms with Crippen molar-refractivity contribution in [1.82, 2.24) is 4.90 Å². The standard InChI is InChI=1S/C17H38N2/c1-5-9-10-11-12-13-17(14-18)19(8-4)15-16(6-2)7-3/h16-17H,5-15,18H2,1-4H3. The molecule has 1 unspecified atom stereocenters. The Kier molecular flexibility index (Phi) is 12.9. The Morgan fingerprint density at radius 1 is 0.895 bits per heavy atom. The van der Waals surface area contributed by atoms with Gasteiger partial charge >= 0.3 is 0 Å². The van der Waals surface area contributed by atoms with Gasteiger partial charge < -0.3 is 5.73 Å². The Morgan fingerprint density at radius 3 is 2.00 bits per heavy atom. The van der Waals surface area contributed by atoms with Crippen molar-refractivity contribution in [3.05, 3.63) is 0 Å². The molecule has 116 valence electrons. The first-order chi connectivity index (χ1) is 9.23.